The van der Waals surface area contributed by atoms with Crippen LogP contribution in [0, 0.1) is 18.6 Å². The third-order valence-corrected chi connectivity index (χ3v) is 7.48. The van der Waals surface area contributed by atoms with Gasteiger partial charge in [-0.3, -0.25) is 4.90 Å². The second kappa shape index (κ2) is 12.3. The molecule has 234 valence electrons. The number of benzene rings is 2. The number of ether oxygens (including phenoxy) is 2. The van der Waals surface area contributed by atoms with Gasteiger partial charge in [0.25, 0.3) is 0 Å². The molecule has 5 rings (SSSR count). The second-order valence-electron chi connectivity index (χ2n) is 10.5. The zero-order valence-corrected chi connectivity index (χ0v) is 24.1. The van der Waals surface area contributed by atoms with E-state index in [4.69, 9.17) is 15.2 Å². The van der Waals surface area contributed by atoms with Crippen molar-refractivity contribution < 1.29 is 36.2 Å². The first-order valence-electron chi connectivity index (χ1n) is 13.6. The predicted octanol–water partition coefficient (Wildman–Crippen LogP) is 5.60. The van der Waals surface area contributed by atoms with Crippen LogP contribution in [0.1, 0.15) is 29.3 Å². The van der Waals surface area contributed by atoms with E-state index in [1.165, 1.54) is 31.6 Å². The number of alkyl halides is 3. The molecule has 2 aromatic carbocycles. The number of halogens is 5. The van der Waals surface area contributed by atoms with Gasteiger partial charge in [-0.1, -0.05) is 6.07 Å². The van der Waals surface area contributed by atoms with Gasteiger partial charge >= 0.3 is 12.2 Å². The highest BCUT2D eigenvalue weighted by Crippen LogP contribution is 2.38. The van der Waals surface area contributed by atoms with Gasteiger partial charge in [0.2, 0.25) is 0 Å². The van der Waals surface area contributed by atoms with Gasteiger partial charge in [0.15, 0.2) is 5.82 Å². The summed E-state index contributed by atoms with van der Waals surface area (Å²) in [5.74, 6) is -1.77. The number of nitrogen functional groups attached to an aromatic ring is 1. The van der Waals surface area contributed by atoms with E-state index in [1.807, 2.05) is 5.32 Å². The Morgan fingerprint density at radius 3 is 2.57 bits per heavy atom. The van der Waals surface area contributed by atoms with Crippen molar-refractivity contribution in [2.75, 3.05) is 43.2 Å². The van der Waals surface area contributed by atoms with E-state index in [0.717, 1.165) is 12.6 Å². The third kappa shape index (κ3) is 6.16. The van der Waals surface area contributed by atoms with Crippen molar-refractivity contribution >= 4 is 28.7 Å². The van der Waals surface area contributed by atoms with E-state index in [2.05, 4.69) is 27.2 Å². The molecule has 1 saturated heterocycles. The average molecular weight is 620 g/mol. The number of urea groups is 1. The number of rotatable bonds is 7. The summed E-state index contributed by atoms with van der Waals surface area (Å²) in [5, 5.41) is 8.66. The highest BCUT2D eigenvalue weighted by Gasteiger charge is 2.33. The summed E-state index contributed by atoms with van der Waals surface area (Å²) in [7, 11) is 1.53. The van der Waals surface area contributed by atoms with Gasteiger partial charge in [0, 0.05) is 37.4 Å². The van der Waals surface area contributed by atoms with Crippen LogP contribution in [0.5, 0.6) is 0 Å². The Morgan fingerprint density at radius 1 is 1.16 bits per heavy atom. The van der Waals surface area contributed by atoms with Gasteiger partial charge in [0.05, 0.1) is 42.5 Å². The summed E-state index contributed by atoms with van der Waals surface area (Å²) in [5.41, 5.74) is 6.70. The smallest absolute Gasteiger partial charge is 0.382 e. The van der Waals surface area contributed by atoms with Crippen LogP contribution in [-0.4, -0.2) is 58.4 Å². The number of hydrogen-bond acceptors (Lipinski definition) is 7. The van der Waals surface area contributed by atoms with E-state index in [0.29, 0.717) is 60.6 Å². The largest absolute Gasteiger partial charge is 0.416 e. The number of carbonyl (C=O) groups excluding carboxylic acids is 1. The lowest BCUT2D eigenvalue weighted by Crippen LogP contribution is -2.43. The van der Waals surface area contributed by atoms with Crippen molar-refractivity contribution in [3.63, 3.8) is 0 Å². The molecule has 0 spiro atoms. The minimum Gasteiger partial charge on any atom is -0.382 e. The molecule has 1 fully saturated rings. The topological polar surface area (TPSA) is 119 Å². The molecule has 4 N–H and O–H groups in total. The molecule has 2 aromatic heterocycles. The maximum Gasteiger partial charge on any atom is 0.416 e. The van der Waals surface area contributed by atoms with Crippen molar-refractivity contribution in [1.29, 1.82) is 0 Å². The number of methoxy groups -OCH3 is 1. The molecular formula is C29H30F5N7O3. The Morgan fingerprint density at radius 2 is 1.89 bits per heavy atom. The van der Waals surface area contributed by atoms with Crippen LogP contribution in [-0.2, 0) is 28.8 Å². The Bertz CT molecular complexity index is 1710. The average Bonchev–Trinajstić information content (AvgIpc) is 3.26. The van der Waals surface area contributed by atoms with Crippen molar-refractivity contribution in [1.82, 2.24) is 19.5 Å². The monoisotopic (exact) mass is 619 g/mol. The fraction of sp³-hybridized carbons (Fsp3) is 0.345. The number of amides is 2. The SMILES string of the molecule is COCc1c(-c2ccc(NC(=O)Nc3cc(C(F)(F)F)c(C)cc3F)c(F)c2)c2c(N)ncnn2c1CN1CCOC[C@@H]1C. The predicted molar refractivity (Wildman–Crippen MR) is 153 cm³/mol. The summed E-state index contributed by atoms with van der Waals surface area (Å²) >= 11 is 0. The minimum atomic E-state index is -4.76. The van der Waals surface area contributed by atoms with Crippen LogP contribution in [0.25, 0.3) is 16.6 Å². The normalized spacial score (nSPS) is 16.0. The first-order chi connectivity index (χ1) is 20.9. The highest BCUT2D eigenvalue weighted by atomic mass is 19.4. The van der Waals surface area contributed by atoms with Gasteiger partial charge in [-0.05, 0) is 49.2 Å². The minimum absolute atomic E-state index is 0.134. The van der Waals surface area contributed by atoms with Crippen LogP contribution in [0.3, 0.4) is 0 Å². The fourth-order valence-electron chi connectivity index (χ4n) is 5.30. The summed E-state index contributed by atoms with van der Waals surface area (Å²) in [6, 6.07) is 4.13. The lowest BCUT2D eigenvalue weighted by Gasteiger charge is -2.33. The van der Waals surface area contributed by atoms with Gasteiger partial charge < -0.3 is 25.8 Å². The number of fused-ring (bicyclic) bond motifs is 1. The van der Waals surface area contributed by atoms with Crippen LogP contribution < -0.4 is 16.4 Å². The molecule has 2 amide bonds. The van der Waals surface area contributed by atoms with E-state index in [-0.39, 0.29) is 29.7 Å². The molecule has 15 heteroatoms. The van der Waals surface area contributed by atoms with Crippen molar-refractivity contribution in [3.05, 3.63) is 70.7 Å². The number of morpholine rings is 1. The first kappa shape index (κ1) is 31.1. The quantitative estimate of drug-likeness (QED) is 0.231. The van der Waals surface area contributed by atoms with Crippen molar-refractivity contribution in [2.45, 2.75) is 39.2 Å². The molecule has 44 heavy (non-hydrogen) atoms. The molecule has 4 aromatic rings. The Kier molecular flexibility index (Phi) is 8.72. The number of hydrogen-bond donors (Lipinski definition) is 3. The number of nitrogens with one attached hydrogen (secondary N) is 2. The second-order valence-corrected chi connectivity index (χ2v) is 10.5. The number of nitrogens with two attached hydrogens (primary N) is 1. The molecular weight excluding hydrogens is 589 g/mol. The fourth-order valence-corrected chi connectivity index (χ4v) is 5.30. The lowest BCUT2D eigenvalue weighted by atomic mass is 10.00. The molecule has 0 unspecified atom stereocenters. The standard InChI is InChI=1S/C29H30F5N7O3/c1-15-8-20(30)23(10-19(15)29(32,33)34)39-28(42)38-22-5-4-17(9-21(22)31)25-18(13-43-3)24(11-40-6-7-44-12-16(40)2)41-26(25)27(35)36-14-37-41/h4-5,8-10,14,16H,6-7,11-13H2,1-3H3,(H2,35,36,37)(H2,38,39,42)/t16-/m0/s1. The van der Waals surface area contributed by atoms with E-state index < -0.39 is 35.1 Å². The van der Waals surface area contributed by atoms with Gasteiger partial charge in [-0.2, -0.15) is 18.3 Å². The van der Waals surface area contributed by atoms with Crippen LogP contribution in [0.2, 0.25) is 0 Å². The third-order valence-electron chi connectivity index (χ3n) is 7.48. The summed E-state index contributed by atoms with van der Waals surface area (Å²) < 4.78 is 82.4. The first-order valence-corrected chi connectivity index (χ1v) is 13.6. The molecule has 0 bridgehead atoms. The zero-order chi connectivity index (χ0) is 31.8. The number of nitrogens with zero attached hydrogens (tertiary/aromatic N) is 4. The number of aryl methyl sites for hydroxylation is 1. The van der Waals surface area contributed by atoms with Gasteiger partial charge in [-0.25, -0.2) is 23.1 Å². The van der Waals surface area contributed by atoms with Crippen LogP contribution in [0.4, 0.5) is 43.9 Å². The molecule has 1 aliphatic heterocycles. The zero-order valence-electron chi connectivity index (χ0n) is 24.1. The summed E-state index contributed by atoms with van der Waals surface area (Å²) in [6.07, 6.45) is -3.43. The number of aromatic nitrogens is 3. The molecule has 0 saturated carbocycles. The van der Waals surface area contributed by atoms with Crippen molar-refractivity contribution in [3.8, 4) is 11.1 Å². The van der Waals surface area contributed by atoms with E-state index in [1.54, 1.807) is 4.52 Å². The van der Waals surface area contributed by atoms with Gasteiger partial charge in [-0.15, -0.1) is 0 Å². The lowest BCUT2D eigenvalue weighted by molar-refractivity contribution is -0.138. The molecule has 0 radical (unpaired) electrons. The number of anilines is 3. The molecule has 0 aliphatic carbocycles. The van der Waals surface area contributed by atoms with E-state index >= 15 is 4.39 Å². The van der Waals surface area contributed by atoms with Crippen LogP contribution >= 0.6 is 0 Å². The highest BCUT2D eigenvalue weighted by molar-refractivity contribution is 6.00. The van der Waals surface area contributed by atoms with E-state index in [9.17, 15) is 22.4 Å². The maximum atomic E-state index is 15.4. The Labute approximate surface area is 248 Å². The molecule has 10 nitrogen and oxygen atoms in total. The maximum absolute atomic E-state index is 15.4. The van der Waals surface area contributed by atoms with Crippen LogP contribution in [0.15, 0.2) is 36.7 Å². The summed E-state index contributed by atoms with van der Waals surface area (Å²) in [4.78, 5) is 18.9. The van der Waals surface area contributed by atoms with Crippen molar-refractivity contribution in [2.24, 2.45) is 0 Å². The Hall–Kier alpha value is -4.34. The Balaban J connectivity index is 1.47. The summed E-state index contributed by atoms with van der Waals surface area (Å²) in [6.45, 7) is 5.62. The number of carbonyl (C=O) groups is 1. The molecule has 3 heterocycles. The molecule has 1 atom stereocenters. The van der Waals surface area contributed by atoms with Gasteiger partial charge in [0.1, 0.15) is 23.5 Å². The molecule has 1 aliphatic rings.